The molecule has 0 amide bonds. The van der Waals surface area contributed by atoms with E-state index in [2.05, 4.69) is 0 Å². The first-order valence-corrected chi connectivity index (χ1v) is 4.99. The van der Waals surface area contributed by atoms with Crippen LogP contribution < -0.4 is 0 Å². The molecule has 0 radical (unpaired) electrons. The van der Waals surface area contributed by atoms with Crippen molar-refractivity contribution in [1.82, 2.24) is 0 Å². The zero-order valence-electron chi connectivity index (χ0n) is 6.84. The molecule has 0 spiro atoms. The summed E-state index contributed by atoms with van der Waals surface area (Å²) >= 11 is 0. The molecule has 6 heteroatoms. The van der Waals surface area contributed by atoms with Gasteiger partial charge in [0.15, 0.2) is 0 Å². The SMILES string of the molecule is COC(OC)(OC)[SiH2]O[SiH3]. The first kappa shape index (κ1) is 10.3. The topological polar surface area (TPSA) is 36.9 Å². The maximum Gasteiger partial charge on any atom is 0.277 e. The highest BCUT2D eigenvalue weighted by atomic mass is 28.3. The molecule has 0 N–H and O–H groups in total. The first-order chi connectivity index (χ1) is 4.74. The fourth-order valence-electron chi connectivity index (χ4n) is 0.604. The maximum atomic E-state index is 5.08. The number of rotatable bonds is 5. The molecule has 4 nitrogen and oxygen atoms in total. The fourth-order valence-corrected chi connectivity index (χ4v) is 2.37. The number of hydrogen-bond acceptors (Lipinski definition) is 4. The van der Waals surface area contributed by atoms with Crippen molar-refractivity contribution in [3.63, 3.8) is 0 Å². The minimum atomic E-state index is -0.876. The van der Waals surface area contributed by atoms with Crippen LogP contribution in [0.1, 0.15) is 0 Å². The predicted octanol–water partition coefficient (Wildman–Crippen LogP) is -2.08. The Morgan fingerprint density at radius 3 is 1.60 bits per heavy atom. The van der Waals surface area contributed by atoms with Crippen LogP contribution in [0.4, 0.5) is 0 Å². The molecule has 0 saturated heterocycles. The third kappa shape index (κ3) is 2.48. The normalized spacial score (nSPS) is 13.5. The van der Waals surface area contributed by atoms with Crippen LogP contribution in [-0.2, 0) is 18.3 Å². The molecule has 0 aromatic carbocycles. The molecule has 0 unspecified atom stereocenters. The van der Waals surface area contributed by atoms with Crippen LogP contribution in [0.5, 0.6) is 0 Å². The van der Waals surface area contributed by atoms with Gasteiger partial charge in [0.2, 0.25) is 0 Å². The van der Waals surface area contributed by atoms with Crippen molar-refractivity contribution >= 4 is 20.2 Å². The van der Waals surface area contributed by atoms with Crippen molar-refractivity contribution in [3.05, 3.63) is 0 Å². The minimum absolute atomic E-state index is 0.705. The second kappa shape index (κ2) is 4.99. The molecule has 10 heavy (non-hydrogen) atoms. The lowest BCUT2D eigenvalue weighted by atomic mass is 11.1. The molecule has 0 aliphatic heterocycles. The summed E-state index contributed by atoms with van der Waals surface area (Å²) in [5, 5.41) is 0. The summed E-state index contributed by atoms with van der Waals surface area (Å²) in [6.07, 6.45) is 0. The highest BCUT2D eigenvalue weighted by Crippen LogP contribution is 2.08. The summed E-state index contributed by atoms with van der Waals surface area (Å²) < 4.78 is 20.1. The van der Waals surface area contributed by atoms with Crippen LogP contribution in [0.25, 0.3) is 0 Å². The van der Waals surface area contributed by atoms with E-state index < -0.39 is 15.4 Å². The van der Waals surface area contributed by atoms with Crippen molar-refractivity contribution in [2.24, 2.45) is 0 Å². The molecular weight excluding hydrogens is 168 g/mol. The summed E-state index contributed by atoms with van der Waals surface area (Å²) in [6, 6.07) is 0. The summed E-state index contributed by atoms with van der Waals surface area (Å²) in [4.78, 5) is 0. The average molecular weight is 182 g/mol. The molecule has 0 bridgehead atoms. The monoisotopic (exact) mass is 182 g/mol. The second-order valence-electron chi connectivity index (χ2n) is 1.73. The lowest BCUT2D eigenvalue weighted by Crippen LogP contribution is -2.43. The molecule has 0 aromatic heterocycles. The summed E-state index contributed by atoms with van der Waals surface area (Å²) in [6.45, 7) is 0. The number of hydrogen-bond donors (Lipinski definition) is 0. The van der Waals surface area contributed by atoms with Gasteiger partial charge in [-0.3, -0.25) is 0 Å². The largest absolute Gasteiger partial charge is 0.462 e. The zero-order valence-corrected chi connectivity index (χ0v) is 10.3. The zero-order chi connectivity index (χ0) is 8.04. The van der Waals surface area contributed by atoms with Gasteiger partial charge in [-0.1, -0.05) is 0 Å². The van der Waals surface area contributed by atoms with Crippen LogP contribution in [0, 0.1) is 0 Å². The smallest absolute Gasteiger partial charge is 0.277 e. The molecule has 0 atom stereocenters. The van der Waals surface area contributed by atoms with Crippen LogP contribution >= 0.6 is 0 Å². The predicted molar refractivity (Wildman–Crippen MR) is 43.3 cm³/mol. The van der Waals surface area contributed by atoms with Gasteiger partial charge in [0.25, 0.3) is 15.4 Å². The van der Waals surface area contributed by atoms with E-state index in [9.17, 15) is 0 Å². The van der Waals surface area contributed by atoms with E-state index in [1.807, 2.05) is 0 Å². The Hall–Kier alpha value is 0.274. The van der Waals surface area contributed by atoms with Crippen molar-refractivity contribution in [2.45, 2.75) is 5.60 Å². The van der Waals surface area contributed by atoms with Crippen LogP contribution in [0.3, 0.4) is 0 Å². The van der Waals surface area contributed by atoms with Crippen molar-refractivity contribution in [3.8, 4) is 0 Å². The first-order valence-electron chi connectivity index (χ1n) is 2.89. The van der Waals surface area contributed by atoms with Gasteiger partial charge in [0.05, 0.1) is 0 Å². The Kier molecular flexibility index (Phi) is 5.13. The molecular formula is C4H14O4Si2. The van der Waals surface area contributed by atoms with Crippen LogP contribution in [-0.4, -0.2) is 47.2 Å². The van der Waals surface area contributed by atoms with Gasteiger partial charge in [-0.25, -0.2) is 0 Å². The highest BCUT2D eigenvalue weighted by Gasteiger charge is 2.29. The van der Waals surface area contributed by atoms with E-state index in [1.54, 1.807) is 21.3 Å². The molecule has 0 aliphatic rings. The van der Waals surface area contributed by atoms with Gasteiger partial charge in [-0.05, 0) is 0 Å². The van der Waals surface area contributed by atoms with E-state index in [0.717, 1.165) is 0 Å². The Balaban J connectivity index is 3.87. The quantitative estimate of drug-likeness (QED) is 0.361. The van der Waals surface area contributed by atoms with E-state index in [-0.39, 0.29) is 0 Å². The highest BCUT2D eigenvalue weighted by molar-refractivity contribution is 6.36. The lowest BCUT2D eigenvalue weighted by molar-refractivity contribution is -0.298. The summed E-state index contributed by atoms with van der Waals surface area (Å²) in [5.74, 6) is 0. The average Bonchev–Trinajstić information content (AvgIpc) is 2.01. The van der Waals surface area contributed by atoms with Gasteiger partial charge in [0, 0.05) is 21.3 Å². The minimum Gasteiger partial charge on any atom is -0.462 e. The molecule has 62 valence electrons. The van der Waals surface area contributed by atoms with E-state index in [0.29, 0.717) is 10.5 Å². The van der Waals surface area contributed by atoms with Crippen LogP contribution in [0.15, 0.2) is 0 Å². The summed E-state index contributed by atoms with van der Waals surface area (Å²) in [7, 11) is 4.46. The Bertz CT molecular complexity index is 77.1. The Morgan fingerprint density at radius 1 is 1.10 bits per heavy atom. The van der Waals surface area contributed by atoms with Crippen molar-refractivity contribution in [2.75, 3.05) is 21.3 Å². The van der Waals surface area contributed by atoms with Gasteiger partial charge < -0.3 is 18.3 Å². The lowest BCUT2D eigenvalue weighted by Gasteiger charge is -2.27. The third-order valence-corrected chi connectivity index (χ3v) is 3.63. The summed E-state index contributed by atoms with van der Waals surface area (Å²) in [5.41, 5.74) is -0.873. The van der Waals surface area contributed by atoms with Gasteiger partial charge in [-0.2, -0.15) is 0 Å². The van der Waals surface area contributed by atoms with Gasteiger partial charge in [-0.15, -0.1) is 0 Å². The van der Waals surface area contributed by atoms with Gasteiger partial charge >= 0.3 is 0 Å². The molecule has 0 aromatic rings. The number of methoxy groups -OCH3 is 3. The second-order valence-corrected chi connectivity index (χ2v) is 5.19. The van der Waals surface area contributed by atoms with Crippen molar-refractivity contribution in [1.29, 1.82) is 0 Å². The molecule has 0 heterocycles. The van der Waals surface area contributed by atoms with E-state index in [1.165, 1.54) is 0 Å². The molecule has 0 aliphatic carbocycles. The fraction of sp³-hybridized carbons (Fsp3) is 1.00. The van der Waals surface area contributed by atoms with Crippen molar-refractivity contribution < 1.29 is 18.3 Å². The molecule has 0 saturated carbocycles. The standard InChI is InChI=1S/C4H14O4Si2/c1-5-4(6-2,7-3)10-8-9/h10H2,1-3,9H3. The van der Waals surface area contributed by atoms with Gasteiger partial charge in [0.1, 0.15) is 10.5 Å². The Morgan fingerprint density at radius 2 is 1.50 bits per heavy atom. The molecule has 0 fully saturated rings. The van der Waals surface area contributed by atoms with E-state index >= 15 is 0 Å². The number of ether oxygens (including phenoxy) is 3. The third-order valence-electron chi connectivity index (χ3n) is 1.25. The van der Waals surface area contributed by atoms with Crippen LogP contribution in [0.2, 0.25) is 0 Å². The Labute approximate surface area is 66.3 Å². The van der Waals surface area contributed by atoms with E-state index in [4.69, 9.17) is 18.3 Å². The maximum absolute atomic E-state index is 5.08. The molecule has 0 rings (SSSR count).